The zero-order valence-corrected chi connectivity index (χ0v) is 16.5. The van der Waals surface area contributed by atoms with Crippen molar-refractivity contribution < 1.29 is 23.5 Å². The van der Waals surface area contributed by atoms with Gasteiger partial charge in [-0.1, -0.05) is 12.1 Å². The van der Waals surface area contributed by atoms with Gasteiger partial charge in [0, 0.05) is 13.6 Å². The van der Waals surface area contributed by atoms with Gasteiger partial charge in [-0.3, -0.25) is 19.0 Å². The molecule has 0 saturated carbocycles. The zero-order chi connectivity index (χ0) is 21.7. The summed E-state index contributed by atoms with van der Waals surface area (Å²) in [5.74, 6) is -1.04. The maximum Gasteiger partial charge on any atom is 0.326 e. The molecule has 3 aromatic rings. The maximum absolute atomic E-state index is 13.4. The summed E-state index contributed by atoms with van der Waals surface area (Å²) in [6.45, 7) is -0.566. The van der Waals surface area contributed by atoms with Crippen molar-refractivity contribution in [3.8, 4) is 5.75 Å². The van der Waals surface area contributed by atoms with Gasteiger partial charge >= 0.3 is 5.97 Å². The lowest BCUT2D eigenvalue weighted by atomic mass is 10.2. The molecule has 3 rings (SSSR count). The fraction of sp³-hybridized carbons (Fsp3) is 0.238. The normalized spacial score (nSPS) is 10.6. The van der Waals surface area contributed by atoms with Crippen LogP contribution in [0, 0.1) is 5.82 Å². The molecule has 156 valence electrons. The Labute approximate surface area is 171 Å². The summed E-state index contributed by atoms with van der Waals surface area (Å²) in [6, 6.07) is 10.9. The molecule has 8 nitrogen and oxygen atoms in total. The lowest BCUT2D eigenvalue weighted by molar-refractivity contribution is -0.152. The molecule has 30 heavy (non-hydrogen) atoms. The average molecular weight is 413 g/mol. The van der Waals surface area contributed by atoms with E-state index in [9.17, 15) is 18.8 Å². The summed E-state index contributed by atoms with van der Waals surface area (Å²) in [7, 11) is 3.16. The zero-order valence-electron chi connectivity index (χ0n) is 16.5. The molecule has 2 aromatic carbocycles. The third kappa shape index (κ3) is 4.99. The van der Waals surface area contributed by atoms with Gasteiger partial charge in [-0.2, -0.15) is 0 Å². The number of fused-ring (bicyclic) bond motifs is 1. The van der Waals surface area contributed by atoms with Crippen LogP contribution in [0.4, 0.5) is 4.39 Å². The van der Waals surface area contributed by atoms with Gasteiger partial charge in [-0.25, -0.2) is 9.37 Å². The van der Waals surface area contributed by atoms with Crippen molar-refractivity contribution in [2.24, 2.45) is 0 Å². The maximum atomic E-state index is 13.4. The van der Waals surface area contributed by atoms with E-state index in [2.05, 4.69) is 4.98 Å². The lowest BCUT2D eigenvalue weighted by Crippen LogP contribution is -2.32. The van der Waals surface area contributed by atoms with E-state index in [-0.39, 0.29) is 5.39 Å². The molecule has 0 unspecified atom stereocenters. The first kappa shape index (κ1) is 21.0. The van der Waals surface area contributed by atoms with E-state index in [1.54, 1.807) is 26.3 Å². The predicted octanol–water partition coefficient (Wildman–Crippen LogP) is 1.75. The van der Waals surface area contributed by atoms with Gasteiger partial charge in [0.25, 0.3) is 11.5 Å². The molecule has 9 heteroatoms. The molecule has 0 aliphatic rings. The molecular weight excluding hydrogens is 393 g/mol. The molecule has 0 fully saturated rings. The summed E-state index contributed by atoms with van der Waals surface area (Å²) in [5, 5.41) is 0.0561. The van der Waals surface area contributed by atoms with E-state index in [1.807, 2.05) is 12.1 Å². The van der Waals surface area contributed by atoms with E-state index in [4.69, 9.17) is 9.47 Å². The summed E-state index contributed by atoms with van der Waals surface area (Å²) >= 11 is 0. The molecule has 1 aromatic heterocycles. The number of benzene rings is 2. The van der Waals surface area contributed by atoms with Gasteiger partial charge in [0.15, 0.2) is 6.61 Å². The van der Waals surface area contributed by atoms with Crippen molar-refractivity contribution in [2.45, 2.75) is 13.1 Å². The molecule has 0 N–H and O–H groups in total. The van der Waals surface area contributed by atoms with Crippen molar-refractivity contribution in [2.75, 3.05) is 20.8 Å². The van der Waals surface area contributed by atoms with Gasteiger partial charge in [0.05, 0.1) is 24.3 Å². The summed E-state index contributed by atoms with van der Waals surface area (Å²) in [6.07, 6.45) is 1.18. The smallest absolute Gasteiger partial charge is 0.326 e. The Balaban J connectivity index is 1.56. The first-order chi connectivity index (χ1) is 14.4. The van der Waals surface area contributed by atoms with Crippen molar-refractivity contribution in [3.05, 3.63) is 70.5 Å². The summed E-state index contributed by atoms with van der Waals surface area (Å²) in [5.41, 5.74) is 0.639. The second-order valence-corrected chi connectivity index (χ2v) is 6.60. The highest BCUT2D eigenvalue weighted by Crippen LogP contribution is 2.12. The van der Waals surface area contributed by atoms with Crippen molar-refractivity contribution in [1.29, 1.82) is 0 Å². The first-order valence-corrected chi connectivity index (χ1v) is 9.04. The largest absolute Gasteiger partial charge is 0.497 e. The fourth-order valence-electron chi connectivity index (χ4n) is 2.77. The quantitative estimate of drug-likeness (QED) is 0.548. The first-order valence-electron chi connectivity index (χ1n) is 9.04. The number of hydrogen-bond donors (Lipinski definition) is 0. The van der Waals surface area contributed by atoms with Crippen molar-refractivity contribution in [1.82, 2.24) is 14.5 Å². The molecule has 1 heterocycles. The lowest BCUT2D eigenvalue weighted by Gasteiger charge is -2.17. The van der Waals surface area contributed by atoms with Crippen molar-refractivity contribution in [3.63, 3.8) is 0 Å². The van der Waals surface area contributed by atoms with E-state index >= 15 is 0 Å². The van der Waals surface area contributed by atoms with Crippen LogP contribution in [0.3, 0.4) is 0 Å². The van der Waals surface area contributed by atoms with Gasteiger partial charge in [0.1, 0.15) is 18.1 Å². The Morgan fingerprint density at radius 2 is 1.90 bits per heavy atom. The Morgan fingerprint density at radius 1 is 1.17 bits per heavy atom. The number of esters is 1. The number of methoxy groups -OCH3 is 1. The number of halogens is 1. The van der Waals surface area contributed by atoms with Gasteiger partial charge in [-0.05, 0) is 35.9 Å². The van der Waals surface area contributed by atoms with Crippen LogP contribution < -0.4 is 10.3 Å². The third-order valence-electron chi connectivity index (χ3n) is 4.45. The molecule has 0 spiro atoms. The number of carbonyl (C=O) groups is 2. The number of ether oxygens (including phenoxy) is 2. The molecule has 1 amide bonds. The Hall–Kier alpha value is -3.75. The number of likely N-dealkylation sites (N-methyl/N-ethyl adjacent to an activating group) is 1. The minimum atomic E-state index is -0.777. The molecular formula is C21H20FN3O5. The molecule has 0 atom stereocenters. The van der Waals surface area contributed by atoms with E-state index in [0.29, 0.717) is 17.8 Å². The Kier molecular flexibility index (Phi) is 6.41. The SMILES string of the molecule is COc1ccc(CN(C)C(=O)COC(=O)Cn2cnc3ccc(F)cc3c2=O)cc1. The average Bonchev–Trinajstić information content (AvgIpc) is 2.75. The Bertz CT molecular complexity index is 1130. The van der Waals surface area contributed by atoms with Crippen LogP contribution >= 0.6 is 0 Å². The van der Waals surface area contributed by atoms with Crippen LogP contribution in [0.15, 0.2) is 53.6 Å². The van der Waals surface area contributed by atoms with Crippen LogP contribution in [0.2, 0.25) is 0 Å². The highest BCUT2D eigenvalue weighted by Gasteiger charge is 2.14. The number of carbonyl (C=O) groups excluding carboxylic acids is 2. The Morgan fingerprint density at radius 3 is 2.60 bits per heavy atom. The topological polar surface area (TPSA) is 90.7 Å². The number of hydrogen-bond acceptors (Lipinski definition) is 6. The summed E-state index contributed by atoms with van der Waals surface area (Å²) in [4.78, 5) is 42.1. The van der Waals surface area contributed by atoms with Crippen LogP contribution in [-0.4, -0.2) is 47.1 Å². The molecule has 0 aliphatic heterocycles. The standard InChI is InChI=1S/C21H20FN3O5/c1-24(10-14-3-6-16(29-2)7-4-14)19(26)12-30-20(27)11-25-13-23-18-8-5-15(22)9-17(18)21(25)28/h3-9,13H,10-12H2,1-2H3. The number of rotatable bonds is 7. The van der Waals surface area contributed by atoms with E-state index < -0.39 is 36.4 Å². The second-order valence-electron chi connectivity index (χ2n) is 6.60. The summed E-state index contributed by atoms with van der Waals surface area (Å²) < 4.78 is 24.5. The molecule has 0 saturated heterocycles. The molecule has 0 aliphatic carbocycles. The van der Waals surface area contributed by atoms with E-state index in [1.165, 1.54) is 23.4 Å². The number of amides is 1. The predicted molar refractivity (Wildman–Crippen MR) is 106 cm³/mol. The van der Waals surface area contributed by atoms with Crippen LogP contribution in [0.25, 0.3) is 10.9 Å². The minimum absolute atomic E-state index is 0.0561. The molecule has 0 radical (unpaired) electrons. The van der Waals surface area contributed by atoms with Crippen LogP contribution in [-0.2, 0) is 27.4 Å². The number of aromatic nitrogens is 2. The fourth-order valence-corrected chi connectivity index (χ4v) is 2.77. The third-order valence-corrected chi connectivity index (χ3v) is 4.45. The van der Waals surface area contributed by atoms with E-state index in [0.717, 1.165) is 16.2 Å². The molecule has 0 bridgehead atoms. The highest BCUT2D eigenvalue weighted by atomic mass is 19.1. The number of nitrogens with zero attached hydrogens (tertiary/aromatic N) is 3. The van der Waals surface area contributed by atoms with Gasteiger partial charge in [-0.15, -0.1) is 0 Å². The minimum Gasteiger partial charge on any atom is -0.497 e. The monoisotopic (exact) mass is 413 g/mol. The highest BCUT2D eigenvalue weighted by molar-refractivity contribution is 5.81. The van der Waals surface area contributed by atoms with Gasteiger partial charge < -0.3 is 14.4 Å². The van der Waals surface area contributed by atoms with Crippen molar-refractivity contribution >= 4 is 22.8 Å². The second kappa shape index (κ2) is 9.17. The van der Waals surface area contributed by atoms with Gasteiger partial charge in [0.2, 0.25) is 0 Å². The van der Waals surface area contributed by atoms with Crippen LogP contribution in [0.5, 0.6) is 5.75 Å². The van der Waals surface area contributed by atoms with Crippen LogP contribution in [0.1, 0.15) is 5.56 Å².